The van der Waals surface area contributed by atoms with Crippen molar-refractivity contribution in [2.24, 2.45) is 0 Å². The number of rotatable bonds is 2. The lowest BCUT2D eigenvalue weighted by atomic mass is 10.0. The van der Waals surface area contributed by atoms with Gasteiger partial charge in [-0.1, -0.05) is 28.1 Å². The van der Waals surface area contributed by atoms with Gasteiger partial charge in [0.1, 0.15) is 0 Å². The third kappa shape index (κ3) is 2.41. The minimum absolute atomic E-state index is 0.0620. The van der Waals surface area contributed by atoms with Gasteiger partial charge in [0.05, 0.1) is 5.69 Å². The van der Waals surface area contributed by atoms with Crippen LogP contribution in [0.1, 0.15) is 15.9 Å². The van der Waals surface area contributed by atoms with E-state index >= 15 is 0 Å². The average Bonchev–Trinajstić information content (AvgIpc) is 2.79. The van der Waals surface area contributed by atoms with Crippen LogP contribution in [0, 0.1) is 0 Å². The Bertz CT molecular complexity index is 660. The van der Waals surface area contributed by atoms with E-state index in [1.54, 1.807) is 24.3 Å². The molecule has 5 heteroatoms. The van der Waals surface area contributed by atoms with Gasteiger partial charge in [0.15, 0.2) is 16.6 Å². The van der Waals surface area contributed by atoms with Gasteiger partial charge in [-0.3, -0.25) is 4.79 Å². The number of anilines is 1. The summed E-state index contributed by atoms with van der Waals surface area (Å²) in [5.74, 6) is 0.358. The van der Waals surface area contributed by atoms with E-state index in [1.807, 2.05) is 18.2 Å². The van der Waals surface area contributed by atoms with Gasteiger partial charge in [-0.15, -0.1) is 0 Å². The van der Waals surface area contributed by atoms with E-state index in [0.717, 1.165) is 10.2 Å². The van der Waals surface area contributed by atoms with Gasteiger partial charge in [0.2, 0.25) is 0 Å². The highest BCUT2D eigenvalue weighted by molar-refractivity contribution is 9.10. The Morgan fingerprint density at radius 3 is 2.79 bits per heavy atom. The topological polar surface area (TPSA) is 52.2 Å². The van der Waals surface area contributed by atoms with Gasteiger partial charge in [0, 0.05) is 32.8 Å². The van der Waals surface area contributed by atoms with Gasteiger partial charge in [-0.2, -0.15) is 0 Å². The third-order valence-corrected chi connectivity index (χ3v) is 4.70. The molecular formula is C14H10BrNO2S. The number of ketones is 1. The molecule has 0 aliphatic carbocycles. The molecule has 1 N–H and O–H groups in total. The maximum Gasteiger partial charge on any atom is 0.193 e. The second kappa shape index (κ2) is 5.00. The number of carbonyl (C=O) groups is 1. The summed E-state index contributed by atoms with van der Waals surface area (Å²) in [6.45, 7) is 0. The average molecular weight is 336 g/mol. The summed E-state index contributed by atoms with van der Waals surface area (Å²) in [6, 6.07) is 12.5. The maximum absolute atomic E-state index is 12.4. The molecule has 0 radical (unpaired) electrons. The van der Waals surface area contributed by atoms with Crippen LogP contribution in [0.3, 0.4) is 0 Å². The van der Waals surface area contributed by atoms with Crippen LogP contribution >= 0.6 is 15.9 Å². The molecule has 1 unspecified atom stereocenters. The zero-order valence-corrected chi connectivity index (χ0v) is 12.3. The molecule has 0 spiro atoms. The smallest absolute Gasteiger partial charge is 0.193 e. The first-order valence-corrected chi connectivity index (χ1v) is 7.83. The molecule has 1 heterocycles. The van der Waals surface area contributed by atoms with Gasteiger partial charge in [0.25, 0.3) is 0 Å². The van der Waals surface area contributed by atoms with Gasteiger partial charge >= 0.3 is 0 Å². The van der Waals surface area contributed by atoms with Crippen LogP contribution in [0.15, 0.2) is 51.8 Å². The predicted octanol–water partition coefficient (Wildman–Crippen LogP) is 3.17. The lowest BCUT2D eigenvalue weighted by Gasteiger charge is -2.05. The first kappa shape index (κ1) is 12.7. The SMILES string of the molecule is O=C(c1cccc(Br)c1)c1ccc2c(c1)[S+]([O-])CN2. The minimum atomic E-state index is -1.06. The van der Waals surface area contributed by atoms with Crippen molar-refractivity contribution in [3.8, 4) is 0 Å². The minimum Gasteiger partial charge on any atom is -0.610 e. The molecule has 3 nitrogen and oxygen atoms in total. The Morgan fingerprint density at radius 1 is 1.21 bits per heavy atom. The fourth-order valence-corrected chi connectivity index (χ4v) is 3.50. The van der Waals surface area contributed by atoms with E-state index in [2.05, 4.69) is 21.2 Å². The van der Waals surface area contributed by atoms with Crippen molar-refractivity contribution in [1.29, 1.82) is 0 Å². The van der Waals surface area contributed by atoms with E-state index in [0.29, 0.717) is 21.9 Å². The Kier molecular flexibility index (Phi) is 3.35. The summed E-state index contributed by atoms with van der Waals surface area (Å²) in [5, 5.41) is 3.05. The van der Waals surface area contributed by atoms with Crippen LogP contribution in [0.2, 0.25) is 0 Å². The third-order valence-electron chi connectivity index (χ3n) is 2.97. The van der Waals surface area contributed by atoms with Crippen LogP contribution in [0.4, 0.5) is 5.69 Å². The summed E-state index contributed by atoms with van der Waals surface area (Å²) in [4.78, 5) is 13.1. The molecule has 0 fully saturated rings. The van der Waals surface area contributed by atoms with Crippen molar-refractivity contribution in [1.82, 2.24) is 0 Å². The first-order valence-electron chi connectivity index (χ1n) is 5.72. The van der Waals surface area contributed by atoms with Crippen LogP contribution in [0.25, 0.3) is 0 Å². The second-order valence-corrected chi connectivity index (χ2v) is 6.55. The van der Waals surface area contributed by atoms with Crippen molar-refractivity contribution in [3.63, 3.8) is 0 Å². The molecule has 3 rings (SSSR count). The number of hydrogen-bond donors (Lipinski definition) is 1. The van der Waals surface area contributed by atoms with E-state index in [-0.39, 0.29) is 5.78 Å². The number of carbonyl (C=O) groups excluding carboxylic acids is 1. The molecule has 96 valence electrons. The van der Waals surface area contributed by atoms with Crippen molar-refractivity contribution in [3.05, 3.63) is 58.1 Å². The van der Waals surface area contributed by atoms with Crippen LogP contribution in [-0.4, -0.2) is 16.2 Å². The van der Waals surface area contributed by atoms with Gasteiger partial charge < -0.3 is 9.87 Å². The fourth-order valence-electron chi connectivity index (χ4n) is 2.02. The molecule has 1 aliphatic heterocycles. The predicted molar refractivity (Wildman–Crippen MR) is 78.9 cm³/mol. The lowest BCUT2D eigenvalue weighted by molar-refractivity contribution is 0.103. The van der Waals surface area contributed by atoms with Crippen molar-refractivity contribution < 1.29 is 9.35 Å². The van der Waals surface area contributed by atoms with Crippen molar-refractivity contribution in [2.75, 3.05) is 11.2 Å². The molecule has 2 aromatic rings. The molecule has 0 bridgehead atoms. The maximum atomic E-state index is 12.4. The Balaban J connectivity index is 1.99. The number of nitrogens with one attached hydrogen (secondary N) is 1. The molecule has 0 saturated carbocycles. The molecule has 2 aromatic carbocycles. The fraction of sp³-hybridized carbons (Fsp3) is 0.0714. The summed E-state index contributed by atoms with van der Waals surface area (Å²) in [7, 11) is 0. The van der Waals surface area contributed by atoms with Crippen molar-refractivity contribution in [2.45, 2.75) is 4.90 Å². The standard InChI is InChI=1S/C14H10BrNO2S/c15-11-3-1-2-9(6-11)14(17)10-4-5-12-13(7-10)19(18)8-16-12/h1-7,16H,8H2. The van der Waals surface area contributed by atoms with Crippen LogP contribution < -0.4 is 5.32 Å². The number of hydrogen-bond acceptors (Lipinski definition) is 3. The van der Waals surface area contributed by atoms with Gasteiger partial charge in [-0.05, 0) is 24.3 Å². The summed E-state index contributed by atoms with van der Waals surface area (Å²) >= 11 is 2.29. The van der Waals surface area contributed by atoms with E-state index < -0.39 is 11.2 Å². The molecule has 0 amide bonds. The van der Waals surface area contributed by atoms with Gasteiger partial charge in [-0.25, -0.2) is 0 Å². The quantitative estimate of drug-likeness (QED) is 0.677. The molecular weight excluding hydrogens is 326 g/mol. The zero-order chi connectivity index (χ0) is 13.4. The lowest BCUT2D eigenvalue weighted by Crippen LogP contribution is -2.04. The highest BCUT2D eigenvalue weighted by Crippen LogP contribution is 2.30. The Hall–Kier alpha value is -1.30. The van der Waals surface area contributed by atoms with E-state index in [9.17, 15) is 9.35 Å². The van der Waals surface area contributed by atoms with Crippen molar-refractivity contribution >= 4 is 38.6 Å². The largest absolute Gasteiger partial charge is 0.610 e. The van der Waals surface area contributed by atoms with E-state index in [4.69, 9.17) is 0 Å². The molecule has 0 aromatic heterocycles. The summed E-state index contributed by atoms with van der Waals surface area (Å²) in [6.07, 6.45) is 0. The highest BCUT2D eigenvalue weighted by Gasteiger charge is 2.25. The molecule has 1 atom stereocenters. The Morgan fingerprint density at radius 2 is 2.00 bits per heavy atom. The summed E-state index contributed by atoms with van der Waals surface area (Å²) in [5.41, 5.74) is 2.03. The number of fused-ring (bicyclic) bond motifs is 1. The van der Waals surface area contributed by atoms with Crippen LogP contribution in [-0.2, 0) is 11.2 Å². The monoisotopic (exact) mass is 335 g/mol. The van der Waals surface area contributed by atoms with Crippen LogP contribution in [0.5, 0.6) is 0 Å². The second-order valence-electron chi connectivity index (χ2n) is 4.22. The Labute approximate surface area is 122 Å². The zero-order valence-electron chi connectivity index (χ0n) is 9.85. The molecule has 0 saturated heterocycles. The number of benzene rings is 2. The summed E-state index contributed by atoms with van der Waals surface area (Å²) < 4.78 is 12.6. The normalized spacial score (nSPS) is 16.8. The number of halogens is 1. The molecule has 19 heavy (non-hydrogen) atoms. The first-order chi connectivity index (χ1) is 9.15. The highest BCUT2D eigenvalue weighted by atomic mass is 79.9. The molecule has 1 aliphatic rings. The van der Waals surface area contributed by atoms with E-state index in [1.165, 1.54) is 0 Å².